The quantitative estimate of drug-likeness (QED) is 0.476. The van der Waals surface area contributed by atoms with Crippen LogP contribution in [0.25, 0.3) is 22.6 Å². The summed E-state index contributed by atoms with van der Waals surface area (Å²) in [6, 6.07) is 9.36. The van der Waals surface area contributed by atoms with E-state index in [4.69, 9.17) is 11.5 Å². The molecule has 0 aliphatic rings. The Balaban J connectivity index is 1.83. The zero-order chi connectivity index (χ0) is 15.8. The molecule has 114 valence electrons. The zero-order valence-electron chi connectivity index (χ0n) is 12.0. The Kier molecular flexibility index (Phi) is 2.90. The number of hydrogen-bond acceptors (Lipinski definition) is 7. The lowest BCUT2D eigenvalue weighted by molar-refractivity contribution is 0.664. The average Bonchev–Trinajstić information content (AvgIpc) is 3.17. The number of H-pyrrole nitrogens is 1. The molecule has 0 unspecified atom stereocenters. The van der Waals surface area contributed by atoms with Crippen LogP contribution in [0.4, 0.5) is 11.6 Å². The van der Waals surface area contributed by atoms with Crippen LogP contribution in [-0.4, -0.2) is 35.2 Å². The van der Waals surface area contributed by atoms with E-state index in [0.29, 0.717) is 34.8 Å². The average molecular weight is 307 g/mol. The van der Waals surface area contributed by atoms with Gasteiger partial charge in [0.05, 0.1) is 12.2 Å². The van der Waals surface area contributed by atoms with Gasteiger partial charge in [0.15, 0.2) is 11.2 Å². The molecule has 5 N–H and O–H groups in total. The minimum absolute atomic E-state index is 0.151. The van der Waals surface area contributed by atoms with E-state index in [1.165, 1.54) is 0 Å². The van der Waals surface area contributed by atoms with Crippen LogP contribution in [0.1, 0.15) is 5.56 Å². The molecule has 0 atom stereocenters. The number of hydrogen-bond donors (Lipinski definition) is 3. The van der Waals surface area contributed by atoms with Crippen molar-refractivity contribution in [2.45, 2.75) is 6.54 Å². The smallest absolute Gasteiger partial charge is 0.222 e. The molecule has 4 rings (SSSR count). The first-order valence-electron chi connectivity index (χ1n) is 6.91. The molecule has 0 saturated carbocycles. The Morgan fingerprint density at radius 3 is 2.83 bits per heavy atom. The third kappa shape index (κ3) is 2.33. The van der Waals surface area contributed by atoms with Gasteiger partial charge in [-0.25, -0.2) is 9.67 Å². The monoisotopic (exact) mass is 307 g/mol. The van der Waals surface area contributed by atoms with E-state index in [0.717, 1.165) is 5.56 Å². The fourth-order valence-corrected chi connectivity index (χ4v) is 2.42. The molecule has 0 amide bonds. The molecule has 3 aromatic heterocycles. The number of nitrogens with two attached hydrogens (primary N) is 2. The third-order valence-electron chi connectivity index (χ3n) is 3.42. The second-order valence-corrected chi connectivity index (χ2v) is 5.07. The highest BCUT2D eigenvalue weighted by Gasteiger charge is 2.16. The summed E-state index contributed by atoms with van der Waals surface area (Å²) in [6.45, 7) is 0.487. The molecule has 1 aromatic carbocycles. The van der Waals surface area contributed by atoms with Crippen molar-refractivity contribution < 1.29 is 0 Å². The summed E-state index contributed by atoms with van der Waals surface area (Å²) >= 11 is 0. The number of benzene rings is 1. The molecule has 0 bridgehead atoms. The normalized spacial score (nSPS) is 11.1. The van der Waals surface area contributed by atoms with Crippen LogP contribution in [0.3, 0.4) is 0 Å². The van der Waals surface area contributed by atoms with Crippen molar-refractivity contribution in [2.75, 3.05) is 11.5 Å². The van der Waals surface area contributed by atoms with Crippen molar-refractivity contribution in [1.82, 2.24) is 35.2 Å². The number of fused-ring (bicyclic) bond motifs is 1. The predicted molar refractivity (Wildman–Crippen MR) is 85.1 cm³/mol. The molecular weight excluding hydrogens is 294 g/mol. The summed E-state index contributed by atoms with van der Waals surface area (Å²) in [6.07, 6.45) is 1.64. The maximum absolute atomic E-state index is 5.83. The molecular formula is C14H13N9. The van der Waals surface area contributed by atoms with Gasteiger partial charge < -0.3 is 11.5 Å². The second-order valence-electron chi connectivity index (χ2n) is 5.07. The number of nitrogens with one attached hydrogen (secondary N) is 1. The van der Waals surface area contributed by atoms with Crippen LogP contribution in [0.15, 0.2) is 36.5 Å². The van der Waals surface area contributed by atoms with Gasteiger partial charge in [-0.3, -0.25) is 5.10 Å². The van der Waals surface area contributed by atoms with Crippen molar-refractivity contribution in [3.8, 4) is 11.4 Å². The van der Waals surface area contributed by atoms with E-state index in [2.05, 4.69) is 30.5 Å². The lowest BCUT2D eigenvalue weighted by atomic mass is 10.2. The number of anilines is 2. The number of aromatic amines is 1. The van der Waals surface area contributed by atoms with Gasteiger partial charge >= 0.3 is 0 Å². The molecule has 0 spiro atoms. The van der Waals surface area contributed by atoms with Crippen LogP contribution in [0.2, 0.25) is 0 Å². The number of nitrogens with zero attached hydrogens (tertiary/aromatic N) is 6. The summed E-state index contributed by atoms with van der Waals surface area (Å²) in [5.74, 6) is 0.151. The lowest BCUT2D eigenvalue weighted by Gasteiger charge is -2.04. The van der Waals surface area contributed by atoms with E-state index in [1.54, 1.807) is 16.9 Å². The van der Waals surface area contributed by atoms with Gasteiger partial charge in [0.2, 0.25) is 5.95 Å². The SMILES string of the molecule is Nc1cccc(Cn2nnc3c(-c4ccn[nH]4)nc(N)nc32)c1. The lowest BCUT2D eigenvalue weighted by Crippen LogP contribution is -2.05. The Bertz CT molecular complexity index is 971. The van der Waals surface area contributed by atoms with Gasteiger partial charge in [-0.15, -0.1) is 5.10 Å². The van der Waals surface area contributed by atoms with Crippen LogP contribution in [0.5, 0.6) is 0 Å². The molecule has 4 aromatic rings. The molecule has 0 saturated heterocycles. The topological polar surface area (TPSA) is 137 Å². The highest BCUT2D eigenvalue weighted by Crippen LogP contribution is 2.23. The first-order chi connectivity index (χ1) is 11.2. The van der Waals surface area contributed by atoms with E-state index in [1.807, 2.05) is 24.3 Å². The first-order valence-corrected chi connectivity index (χ1v) is 6.91. The summed E-state index contributed by atoms with van der Waals surface area (Å²) in [5, 5.41) is 15.1. The second kappa shape index (κ2) is 5.05. The first kappa shape index (κ1) is 13.2. The highest BCUT2D eigenvalue weighted by atomic mass is 15.4. The van der Waals surface area contributed by atoms with Gasteiger partial charge in [0.1, 0.15) is 5.69 Å². The summed E-state index contributed by atoms with van der Waals surface area (Å²) < 4.78 is 1.67. The zero-order valence-corrected chi connectivity index (χ0v) is 12.0. The summed E-state index contributed by atoms with van der Waals surface area (Å²) in [4.78, 5) is 8.50. The van der Waals surface area contributed by atoms with Crippen molar-refractivity contribution >= 4 is 22.8 Å². The molecule has 0 aliphatic heterocycles. The van der Waals surface area contributed by atoms with Gasteiger partial charge in [0, 0.05) is 11.9 Å². The highest BCUT2D eigenvalue weighted by molar-refractivity contribution is 5.86. The minimum atomic E-state index is 0.151. The standard InChI is InChI=1S/C14H13N9/c15-9-3-1-2-8(6-9)7-23-13-12(21-22-23)11(18-14(16)19-13)10-4-5-17-20-10/h1-6H,7,15H2,(H,17,20)(H2,16,18,19). The van der Waals surface area contributed by atoms with Gasteiger partial charge in [-0.2, -0.15) is 10.1 Å². The predicted octanol–water partition coefficient (Wildman–Crippen LogP) is 0.824. The molecule has 0 radical (unpaired) electrons. The van der Waals surface area contributed by atoms with Crippen LogP contribution in [0, 0.1) is 0 Å². The maximum atomic E-state index is 5.83. The van der Waals surface area contributed by atoms with Gasteiger partial charge in [0.25, 0.3) is 0 Å². The fraction of sp³-hybridized carbons (Fsp3) is 0.0714. The van der Waals surface area contributed by atoms with E-state index in [-0.39, 0.29) is 5.95 Å². The molecule has 3 heterocycles. The van der Waals surface area contributed by atoms with Crippen LogP contribution in [-0.2, 0) is 6.54 Å². The summed E-state index contributed by atoms with van der Waals surface area (Å²) in [5.41, 5.74) is 15.7. The Morgan fingerprint density at radius 2 is 2.04 bits per heavy atom. The third-order valence-corrected chi connectivity index (χ3v) is 3.42. The molecule has 9 heteroatoms. The number of rotatable bonds is 3. The Labute approximate surface area is 130 Å². The molecule has 23 heavy (non-hydrogen) atoms. The Morgan fingerprint density at radius 1 is 1.13 bits per heavy atom. The van der Waals surface area contributed by atoms with E-state index < -0.39 is 0 Å². The Hall–Kier alpha value is -3.49. The van der Waals surface area contributed by atoms with Crippen LogP contribution < -0.4 is 11.5 Å². The summed E-state index contributed by atoms with van der Waals surface area (Å²) in [7, 11) is 0. The van der Waals surface area contributed by atoms with E-state index >= 15 is 0 Å². The van der Waals surface area contributed by atoms with Crippen molar-refractivity contribution in [2.24, 2.45) is 0 Å². The number of aromatic nitrogens is 7. The van der Waals surface area contributed by atoms with Crippen molar-refractivity contribution in [1.29, 1.82) is 0 Å². The van der Waals surface area contributed by atoms with Gasteiger partial charge in [-0.05, 0) is 23.8 Å². The van der Waals surface area contributed by atoms with Gasteiger partial charge in [-0.1, -0.05) is 17.3 Å². The number of nitrogen functional groups attached to an aromatic ring is 2. The largest absolute Gasteiger partial charge is 0.399 e. The van der Waals surface area contributed by atoms with Crippen molar-refractivity contribution in [3.63, 3.8) is 0 Å². The molecule has 9 nitrogen and oxygen atoms in total. The van der Waals surface area contributed by atoms with E-state index in [9.17, 15) is 0 Å². The maximum Gasteiger partial charge on any atom is 0.222 e. The molecule has 0 fully saturated rings. The van der Waals surface area contributed by atoms with Crippen molar-refractivity contribution in [3.05, 3.63) is 42.1 Å². The molecule has 0 aliphatic carbocycles. The van der Waals surface area contributed by atoms with Crippen LogP contribution >= 0.6 is 0 Å². The minimum Gasteiger partial charge on any atom is -0.399 e. The fourth-order valence-electron chi connectivity index (χ4n) is 2.42.